The lowest BCUT2D eigenvalue weighted by atomic mass is 10.1. The Morgan fingerprint density at radius 2 is 2.16 bits per heavy atom. The monoisotopic (exact) mass is 279 g/mol. The van der Waals surface area contributed by atoms with Crippen LogP contribution in [0.15, 0.2) is 46.7 Å². The number of aliphatic hydroxyl groups excluding tert-OH is 1. The standard InChI is InChI=1S/C14H14ClNO3/c1-2-16-9-12(14(18)19)13(17)7-6-10-4-3-5-11(15)8-10/h3-9,17H,2H2,1H3,(H,18,19). The highest BCUT2D eigenvalue weighted by Crippen LogP contribution is 2.13. The summed E-state index contributed by atoms with van der Waals surface area (Å²) >= 11 is 5.82. The van der Waals surface area contributed by atoms with E-state index in [4.69, 9.17) is 16.7 Å². The van der Waals surface area contributed by atoms with Crippen LogP contribution in [0.4, 0.5) is 0 Å². The largest absolute Gasteiger partial charge is 0.507 e. The highest BCUT2D eigenvalue weighted by Gasteiger charge is 2.09. The van der Waals surface area contributed by atoms with Gasteiger partial charge in [0.05, 0.1) is 0 Å². The fourth-order valence-corrected chi connectivity index (χ4v) is 1.49. The molecule has 0 amide bonds. The van der Waals surface area contributed by atoms with Crippen LogP contribution in [0.5, 0.6) is 0 Å². The minimum absolute atomic E-state index is 0.250. The number of nitrogens with zero attached hydrogens (tertiary/aromatic N) is 1. The SMILES string of the molecule is CCN=CC(C(=O)O)=C(O)C=Cc1cccc(Cl)c1. The van der Waals surface area contributed by atoms with E-state index in [1.807, 2.05) is 0 Å². The van der Waals surface area contributed by atoms with Crippen molar-refractivity contribution in [3.8, 4) is 0 Å². The van der Waals surface area contributed by atoms with Gasteiger partial charge in [-0.1, -0.05) is 29.8 Å². The Kier molecular flexibility index (Phi) is 5.82. The summed E-state index contributed by atoms with van der Waals surface area (Å²) in [6.45, 7) is 2.22. The van der Waals surface area contributed by atoms with Gasteiger partial charge in [0, 0.05) is 17.8 Å². The molecule has 19 heavy (non-hydrogen) atoms. The lowest BCUT2D eigenvalue weighted by Gasteiger charge is -1.98. The number of halogens is 1. The fraction of sp³-hybridized carbons (Fsp3) is 0.143. The number of hydrogen-bond donors (Lipinski definition) is 2. The van der Waals surface area contributed by atoms with E-state index in [1.165, 1.54) is 6.08 Å². The third kappa shape index (κ3) is 4.97. The van der Waals surface area contributed by atoms with Gasteiger partial charge in [-0.3, -0.25) is 4.99 Å². The third-order valence-corrected chi connectivity index (χ3v) is 2.43. The van der Waals surface area contributed by atoms with E-state index in [2.05, 4.69) is 4.99 Å². The molecule has 100 valence electrons. The summed E-state index contributed by atoms with van der Waals surface area (Å²) in [4.78, 5) is 14.8. The Balaban J connectivity index is 3.00. The Bertz CT molecular complexity index is 547. The van der Waals surface area contributed by atoms with E-state index < -0.39 is 5.97 Å². The number of aliphatic carboxylic acids is 1. The topological polar surface area (TPSA) is 69.9 Å². The van der Waals surface area contributed by atoms with Crippen LogP contribution >= 0.6 is 11.6 Å². The van der Waals surface area contributed by atoms with Crippen molar-refractivity contribution in [2.45, 2.75) is 6.92 Å². The van der Waals surface area contributed by atoms with Gasteiger partial charge < -0.3 is 10.2 Å². The molecule has 5 heteroatoms. The van der Waals surface area contributed by atoms with Gasteiger partial charge in [0.15, 0.2) is 0 Å². The van der Waals surface area contributed by atoms with Crippen LogP contribution in [-0.2, 0) is 4.79 Å². The highest BCUT2D eigenvalue weighted by molar-refractivity contribution is 6.30. The number of carboxylic acids is 1. The van der Waals surface area contributed by atoms with Gasteiger partial charge in [0.2, 0.25) is 0 Å². The molecular weight excluding hydrogens is 266 g/mol. The molecule has 4 nitrogen and oxygen atoms in total. The number of benzene rings is 1. The molecule has 0 saturated carbocycles. The first kappa shape index (κ1) is 15.0. The summed E-state index contributed by atoms with van der Waals surface area (Å²) in [5, 5.41) is 19.2. The first-order valence-corrected chi connectivity index (χ1v) is 6.02. The maximum absolute atomic E-state index is 10.9. The van der Waals surface area contributed by atoms with Crippen LogP contribution in [0.1, 0.15) is 12.5 Å². The van der Waals surface area contributed by atoms with Crippen LogP contribution < -0.4 is 0 Å². The first-order valence-electron chi connectivity index (χ1n) is 5.64. The molecule has 0 radical (unpaired) electrons. The summed E-state index contributed by atoms with van der Waals surface area (Å²) in [6, 6.07) is 6.98. The average molecular weight is 280 g/mol. The zero-order valence-corrected chi connectivity index (χ0v) is 11.1. The molecule has 0 fully saturated rings. The zero-order valence-electron chi connectivity index (χ0n) is 10.4. The molecule has 2 N–H and O–H groups in total. The second-order valence-corrected chi connectivity index (χ2v) is 4.06. The molecule has 1 rings (SSSR count). The molecule has 0 aromatic heterocycles. The number of carbonyl (C=O) groups is 1. The van der Waals surface area contributed by atoms with Gasteiger partial charge in [-0.05, 0) is 30.7 Å². The van der Waals surface area contributed by atoms with Crippen molar-refractivity contribution >= 4 is 29.9 Å². The number of aliphatic imine (C=N–C) groups is 1. The van der Waals surface area contributed by atoms with Crippen LogP contribution in [0, 0.1) is 0 Å². The number of carboxylic acid groups (broad SMARTS) is 1. The van der Waals surface area contributed by atoms with E-state index in [0.29, 0.717) is 11.6 Å². The first-order chi connectivity index (χ1) is 9.04. The Labute approximate surface area is 116 Å². The molecule has 0 aliphatic rings. The Morgan fingerprint density at radius 1 is 1.42 bits per heavy atom. The molecule has 0 spiro atoms. The Hall–Kier alpha value is -2.07. The van der Waals surface area contributed by atoms with Gasteiger partial charge in [-0.25, -0.2) is 4.79 Å². The summed E-state index contributed by atoms with van der Waals surface area (Å²) in [7, 11) is 0. The van der Waals surface area contributed by atoms with Crippen molar-refractivity contribution in [2.24, 2.45) is 4.99 Å². The number of rotatable bonds is 5. The smallest absolute Gasteiger partial charge is 0.341 e. The van der Waals surface area contributed by atoms with Gasteiger partial charge in [-0.2, -0.15) is 0 Å². The lowest BCUT2D eigenvalue weighted by molar-refractivity contribution is -0.132. The van der Waals surface area contributed by atoms with E-state index in [1.54, 1.807) is 37.3 Å². The molecule has 0 atom stereocenters. The van der Waals surface area contributed by atoms with E-state index in [9.17, 15) is 9.90 Å². The molecule has 1 aromatic carbocycles. The van der Waals surface area contributed by atoms with E-state index in [0.717, 1.165) is 11.8 Å². The van der Waals surface area contributed by atoms with Crippen molar-refractivity contribution in [3.63, 3.8) is 0 Å². The number of hydrogen-bond acceptors (Lipinski definition) is 3. The number of allylic oxidation sites excluding steroid dienone is 1. The summed E-state index contributed by atoms with van der Waals surface area (Å²) in [5.41, 5.74) is 0.511. The van der Waals surface area contributed by atoms with Crippen LogP contribution in [0.25, 0.3) is 6.08 Å². The normalized spacial score (nSPS) is 12.9. The summed E-state index contributed by atoms with van der Waals surface area (Å²) < 4.78 is 0. The van der Waals surface area contributed by atoms with Gasteiger partial charge in [0.1, 0.15) is 11.3 Å². The van der Waals surface area contributed by atoms with Crippen molar-refractivity contribution in [2.75, 3.05) is 6.54 Å². The second-order valence-electron chi connectivity index (χ2n) is 3.62. The van der Waals surface area contributed by atoms with E-state index >= 15 is 0 Å². The van der Waals surface area contributed by atoms with Crippen LogP contribution in [-0.4, -0.2) is 28.9 Å². The highest BCUT2D eigenvalue weighted by atomic mass is 35.5. The molecule has 0 saturated heterocycles. The fourth-order valence-electron chi connectivity index (χ4n) is 1.29. The molecule has 0 heterocycles. The zero-order chi connectivity index (χ0) is 14.3. The van der Waals surface area contributed by atoms with Crippen LogP contribution in [0.2, 0.25) is 5.02 Å². The van der Waals surface area contributed by atoms with E-state index in [-0.39, 0.29) is 11.3 Å². The molecule has 0 aliphatic heterocycles. The molecule has 0 unspecified atom stereocenters. The Morgan fingerprint density at radius 3 is 2.74 bits per heavy atom. The van der Waals surface area contributed by atoms with Crippen LogP contribution in [0.3, 0.4) is 0 Å². The van der Waals surface area contributed by atoms with Gasteiger partial charge >= 0.3 is 5.97 Å². The quantitative estimate of drug-likeness (QED) is 0.376. The predicted molar refractivity (Wildman–Crippen MR) is 76.8 cm³/mol. The maximum Gasteiger partial charge on any atom is 0.341 e. The van der Waals surface area contributed by atoms with Crippen molar-refractivity contribution < 1.29 is 15.0 Å². The second kappa shape index (κ2) is 7.38. The average Bonchev–Trinajstić information content (AvgIpc) is 2.36. The predicted octanol–water partition coefficient (Wildman–Crippen LogP) is 3.34. The molecular formula is C14H14ClNO3. The van der Waals surface area contributed by atoms with Gasteiger partial charge in [-0.15, -0.1) is 0 Å². The van der Waals surface area contributed by atoms with Gasteiger partial charge in [0.25, 0.3) is 0 Å². The summed E-state index contributed by atoms with van der Waals surface area (Å²) in [5.74, 6) is -1.59. The third-order valence-electron chi connectivity index (χ3n) is 2.19. The van der Waals surface area contributed by atoms with Crippen molar-refractivity contribution in [1.82, 2.24) is 0 Å². The van der Waals surface area contributed by atoms with Crippen molar-refractivity contribution in [1.29, 1.82) is 0 Å². The minimum atomic E-state index is -1.23. The number of aliphatic hydroxyl groups is 1. The molecule has 1 aromatic rings. The summed E-state index contributed by atoms with van der Waals surface area (Å²) in [6.07, 6.45) is 4.01. The molecule has 0 bridgehead atoms. The minimum Gasteiger partial charge on any atom is -0.507 e. The maximum atomic E-state index is 10.9. The van der Waals surface area contributed by atoms with Crippen molar-refractivity contribution in [3.05, 3.63) is 52.3 Å². The lowest BCUT2D eigenvalue weighted by Crippen LogP contribution is -2.05. The molecule has 0 aliphatic carbocycles.